The first-order valence-corrected chi connectivity index (χ1v) is 7.20. The molecule has 1 fully saturated rings. The number of aromatic nitrogens is 4. The van der Waals surface area contributed by atoms with Crippen LogP contribution < -0.4 is 5.73 Å². The molecule has 7 nitrogen and oxygen atoms in total. The van der Waals surface area contributed by atoms with E-state index in [1.54, 1.807) is 17.1 Å². The Bertz CT molecular complexity index is 654. The Labute approximate surface area is 123 Å². The zero-order chi connectivity index (χ0) is 15.0. The van der Waals surface area contributed by atoms with E-state index in [-0.39, 0.29) is 11.9 Å². The molecular formula is C14H20N6O. The van der Waals surface area contributed by atoms with Crippen molar-refractivity contribution in [2.45, 2.75) is 38.9 Å². The standard InChI is InChI=1S/C14H20N6O/c1-3-19-8-11(15)13(17-19)14(21)20(10-4-5-10)9-12-16-6-7-18(12)2/h6-8,10H,3-5,9,15H2,1-2H3. The van der Waals surface area contributed by atoms with E-state index in [1.165, 1.54) is 0 Å². The fourth-order valence-electron chi connectivity index (χ4n) is 2.36. The molecule has 0 atom stereocenters. The van der Waals surface area contributed by atoms with Crippen LogP contribution in [0.25, 0.3) is 0 Å². The number of anilines is 1. The lowest BCUT2D eigenvalue weighted by atomic mass is 10.3. The van der Waals surface area contributed by atoms with E-state index in [1.807, 2.05) is 29.6 Å². The van der Waals surface area contributed by atoms with Crippen LogP contribution in [0, 0.1) is 0 Å². The van der Waals surface area contributed by atoms with Crippen molar-refractivity contribution in [1.82, 2.24) is 24.2 Å². The molecule has 0 bridgehead atoms. The Morgan fingerprint density at radius 3 is 2.81 bits per heavy atom. The molecule has 2 aromatic heterocycles. The number of imidazole rings is 1. The van der Waals surface area contributed by atoms with Gasteiger partial charge in [0.2, 0.25) is 0 Å². The van der Waals surface area contributed by atoms with Crippen LogP contribution in [0.2, 0.25) is 0 Å². The van der Waals surface area contributed by atoms with Crippen LogP contribution >= 0.6 is 0 Å². The number of nitrogens with zero attached hydrogens (tertiary/aromatic N) is 5. The first-order chi connectivity index (χ1) is 10.1. The Morgan fingerprint density at radius 2 is 2.29 bits per heavy atom. The molecule has 0 unspecified atom stereocenters. The van der Waals surface area contributed by atoms with Gasteiger partial charge in [-0.3, -0.25) is 9.48 Å². The summed E-state index contributed by atoms with van der Waals surface area (Å²) in [6.07, 6.45) is 7.39. The maximum absolute atomic E-state index is 12.7. The van der Waals surface area contributed by atoms with E-state index in [0.29, 0.717) is 24.5 Å². The quantitative estimate of drug-likeness (QED) is 0.890. The minimum Gasteiger partial charge on any atom is -0.396 e. The van der Waals surface area contributed by atoms with Gasteiger partial charge < -0.3 is 15.2 Å². The minimum atomic E-state index is -0.106. The van der Waals surface area contributed by atoms with Gasteiger partial charge in [0.1, 0.15) is 5.82 Å². The molecular weight excluding hydrogens is 268 g/mol. The van der Waals surface area contributed by atoms with E-state index in [2.05, 4.69) is 10.1 Å². The summed E-state index contributed by atoms with van der Waals surface area (Å²) in [4.78, 5) is 18.9. The second kappa shape index (κ2) is 5.23. The zero-order valence-corrected chi connectivity index (χ0v) is 12.4. The second-order valence-corrected chi connectivity index (χ2v) is 5.41. The highest BCUT2D eigenvalue weighted by molar-refractivity contribution is 5.97. The number of hydrogen-bond acceptors (Lipinski definition) is 4. The summed E-state index contributed by atoms with van der Waals surface area (Å²) in [5, 5.41) is 4.28. The fraction of sp³-hybridized carbons (Fsp3) is 0.500. The molecule has 0 aliphatic heterocycles. The summed E-state index contributed by atoms with van der Waals surface area (Å²) >= 11 is 0. The van der Waals surface area contributed by atoms with Crippen LogP contribution in [-0.2, 0) is 20.1 Å². The van der Waals surface area contributed by atoms with Crippen molar-refractivity contribution in [3.63, 3.8) is 0 Å². The van der Waals surface area contributed by atoms with Crippen LogP contribution in [0.4, 0.5) is 5.69 Å². The smallest absolute Gasteiger partial charge is 0.277 e. The fourth-order valence-corrected chi connectivity index (χ4v) is 2.36. The van der Waals surface area contributed by atoms with Crippen LogP contribution in [0.15, 0.2) is 18.6 Å². The highest BCUT2D eigenvalue weighted by Gasteiger charge is 2.35. The van der Waals surface area contributed by atoms with Gasteiger partial charge in [0.05, 0.1) is 12.2 Å². The molecule has 21 heavy (non-hydrogen) atoms. The predicted molar refractivity (Wildman–Crippen MR) is 78.4 cm³/mol. The van der Waals surface area contributed by atoms with Crippen molar-refractivity contribution < 1.29 is 4.79 Å². The molecule has 112 valence electrons. The van der Waals surface area contributed by atoms with Gasteiger partial charge in [0, 0.05) is 38.2 Å². The molecule has 1 aliphatic rings. The number of carbonyl (C=O) groups is 1. The molecule has 2 heterocycles. The van der Waals surface area contributed by atoms with Gasteiger partial charge in [-0.1, -0.05) is 0 Å². The summed E-state index contributed by atoms with van der Waals surface area (Å²) in [5.41, 5.74) is 6.71. The van der Waals surface area contributed by atoms with Crippen LogP contribution in [0.5, 0.6) is 0 Å². The number of nitrogens with two attached hydrogens (primary N) is 1. The molecule has 0 spiro atoms. The maximum atomic E-state index is 12.7. The maximum Gasteiger partial charge on any atom is 0.277 e. The van der Waals surface area contributed by atoms with E-state index < -0.39 is 0 Å². The molecule has 0 saturated heterocycles. The average Bonchev–Trinajstić information content (AvgIpc) is 3.12. The molecule has 2 aromatic rings. The van der Waals surface area contributed by atoms with E-state index in [0.717, 1.165) is 18.7 Å². The number of aryl methyl sites for hydroxylation is 2. The highest BCUT2D eigenvalue weighted by Crippen LogP contribution is 2.30. The van der Waals surface area contributed by atoms with Crippen molar-refractivity contribution in [2.24, 2.45) is 7.05 Å². The van der Waals surface area contributed by atoms with Gasteiger partial charge in [0.25, 0.3) is 5.91 Å². The van der Waals surface area contributed by atoms with Crippen LogP contribution in [-0.4, -0.2) is 36.2 Å². The van der Waals surface area contributed by atoms with Crippen molar-refractivity contribution in [2.75, 3.05) is 5.73 Å². The minimum absolute atomic E-state index is 0.106. The number of nitrogen functional groups attached to an aromatic ring is 1. The second-order valence-electron chi connectivity index (χ2n) is 5.41. The molecule has 0 radical (unpaired) electrons. The average molecular weight is 288 g/mol. The van der Waals surface area contributed by atoms with E-state index in [9.17, 15) is 4.79 Å². The number of rotatable bonds is 5. The molecule has 1 aliphatic carbocycles. The van der Waals surface area contributed by atoms with Gasteiger partial charge in [-0.2, -0.15) is 5.10 Å². The topological polar surface area (TPSA) is 82.0 Å². The first kappa shape index (κ1) is 13.7. The van der Waals surface area contributed by atoms with Crippen molar-refractivity contribution in [1.29, 1.82) is 0 Å². The molecule has 0 aromatic carbocycles. The summed E-state index contributed by atoms with van der Waals surface area (Å²) in [6, 6.07) is 0.278. The number of amides is 1. The third kappa shape index (κ3) is 2.63. The largest absolute Gasteiger partial charge is 0.396 e. The van der Waals surface area contributed by atoms with E-state index in [4.69, 9.17) is 5.73 Å². The SMILES string of the molecule is CCn1cc(N)c(C(=O)N(Cc2nccn2C)C2CC2)n1. The van der Waals surface area contributed by atoms with Crippen molar-refractivity contribution in [3.05, 3.63) is 30.1 Å². The van der Waals surface area contributed by atoms with Gasteiger partial charge in [-0.25, -0.2) is 4.98 Å². The third-order valence-corrected chi connectivity index (χ3v) is 3.80. The lowest BCUT2D eigenvalue weighted by Crippen LogP contribution is -2.34. The first-order valence-electron chi connectivity index (χ1n) is 7.20. The Morgan fingerprint density at radius 1 is 1.52 bits per heavy atom. The number of hydrogen-bond donors (Lipinski definition) is 1. The summed E-state index contributed by atoms with van der Waals surface area (Å²) in [6.45, 7) is 3.15. The molecule has 1 amide bonds. The van der Waals surface area contributed by atoms with Gasteiger partial charge in [0.15, 0.2) is 5.69 Å². The Kier molecular flexibility index (Phi) is 3.40. The Balaban J connectivity index is 1.85. The van der Waals surface area contributed by atoms with Gasteiger partial charge >= 0.3 is 0 Å². The van der Waals surface area contributed by atoms with Crippen molar-refractivity contribution in [3.8, 4) is 0 Å². The zero-order valence-electron chi connectivity index (χ0n) is 12.4. The monoisotopic (exact) mass is 288 g/mol. The van der Waals surface area contributed by atoms with Gasteiger partial charge in [-0.05, 0) is 19.8 Å². The predicted octanol–water partition coefficient (Wildman–Crippen LogP) is 1.02. The lowest BCUT2D eigenvalue weighted by molar-refractivity contribution is 0.0718. The molecule has 2 N–H and O–H groups in total. The highest BCUT2D eigenvalue weighted by atomic mass is 16.2. The van der Waals surface area contributed by atoms with Crippen molar-refractivity contribution >= 4 is 11.6 Å². The lowest BCUT2D eigenvalue weighted by Gasteiger charge is -2.21. The summed E-state index contributed by atoms with van der Waals surface area (Å²) in [7, 11) is 1.93. The molecule has 1 saturated carbocycles. The summed E-state index contributed by atoms with van der Waals surface area (Å²) in [5.74, 6) is 0.758. The third-order valence-electron chi connectivity index (χ3n) is 3.80. The Hall–Kier alpha value is -2.31. The van der Waals surface area contributed by atoms with Crippen LogP contribution in [0.1, 0.15) is 36.1 Å². The molecule has 3 rings (SSSR count). The molecule has 7 heteroatoms. The normalized spacial score (nSPS) is 14.4. The number of carbonyl (C=O) groups excluding carboxylic acids is 1. The summed E-state index contributed by atoms with van der Waals surface area (Å²) < 4.78 is 3.62. The van der Waals surface area contributed by atoms with Crippen LogP contribution in [0.3, 0.4) is 0 Å². The van der Waals surface area contributed by atoms with Gasteiger partial charge in [-0.15, -0.1) is 0 Å². The van der Waals surface area contributed by atoms with E-state index >= 15 is 0 Å².